The second kappa shape index (κ2) is 5.90. The van der Waals surface area contributed by atoms with Crippen molar-refractivity contribution in [2.45, 2.75) is 31.2 Å². The molecule has 0 aliphatic heterocycles. The van der Waals surface area contributed by atoms with E-state index in [9.17, 15) is 4.79 Å². The standard InChI is InChI=1S/C8H17NO4/c9-8(5-10,6-11)4-2-1-3-7(12)13/h10-11H,1-6,9H2,(H,12,13). The highest BCUT2D eigenvalue weighted by molar-refractivity contribution is 5.66. The van der Waals surface area contributed by atoms with Crippen LogP contribution < -0.4 is 5.73 Å². The molecule has 0 unspecified atom stereocenters. The Morgan fingerprint density at radius 3 is 2.15 bits per heavy atom. The maximum Gasteiger partial charge on any atom is 0.303 e. The Kier molecular flexibility index (Phi) is 5.61. The summed E-state index contributed by atoms with van der Waals surface area (Å²) < 4.78 is 0. The van der Waals surface area contributed by atoms with Gasteiger partial charge < -0.3 is 21.1 Å². The van der Waals surface area contributed by atoms with Crippen LogP contribution in [0, 0.1) is 0 Å². The Bertz CT molecular complexity index is 156. The first-order valence-electron chi connectivity index (χ1n) is 4.26. The van der Waals surface area contributed by atoms with Gasteiger partial charge in [0.15, 0.2) is 0 Å². The van der Waals surface area contributed by atoms with Crippen molar-refractivity contribution in [1.29, 1.82) is 0 Å². The summed E-state index contributed by atoms with van der Waals surface area (Å²) in [7, 11) is 0. The second-order valence-electron chi connectivity index (χ2n) is 3.28. The number of carboxylic acid groups (broad SMARTS) is 1. The highest BCUT2D eigenvalue weighted by Crippen LogP contribution is 2.11. The van der Waals surface area contributed by atoms with Crippen LogP contribution in [0.3, 0.4) is 0 Å². The first-order valence-corrected chi connectivity index (χ1v) is 4.26. The van der Waals surface area contributed by atoms with Gasteiger partial charge in [0.2, 0.25) is 0 Å². The fraction of sp³-hybridized carbons (Fsp3) is 0.875. The van der Waals surface area contributed by atoms with E-state index in [1.807, 2.05) is 0 Å². The van der Waals surface area contributed by atoms with Crippen molar-refractivity contribution < 1.29 is 20.1 Å². The van der Waals surface area contributed by atoms with Crippen molar-refractivity contribution in [1.82, 2.24) is 0 Å². The first kappa shape index (κ1) is 12.3. The van der Waals surface area contributed by atoms with E-state index in [2.05, 4.69) is 0 Å². The molecule has 13 heavy (non-hydrogen) atoms. The molecule has 0 rings (SSSR count). The lowest BCUT2D eigenvalue weighted by Gasteiger charge is -2.24. The third kappa shape index (κ3) is 5.57. The van der Waals surface area contributed by atoms with Crippen molar-refractivity contribution in [3.8, 4) is 0 Å². The van der Waals surface area contributed by atoms with Crippen LogP contribution in [0.2, 0.25) is 0 Å². The van der Waals surface area contributed by atoms with Crippen LogP contribution in [0.1, 0.15) is 25.7 Å². The zero-order valence-corrected chi connectivity index (χ0v) is 7.57. The van der Waals surface area contributed by atoms with Crippen LogP contribution >= 0.6 is 0 Å². The largest absolute Gasteiger partial charge is 0.481 e. The summed E-state index contributed by atoms with van der Waals surface area (Å²) in [4.78, 5) is 10.1. The van der Waals surface area contributed by atoms with Crippen LogP contribution in [0.5, 0.6) is 0 Å². The molecule has 0 saturated carbocycles. The summed E-state index contributed by atoms with van der Waals surface area (Å²) in [5, 5.41) is 25.9. The van der Waals surface area contributed by atoms with Gasteiger partial charge in [-0.3, -0.25) is 4.79 Å². The van der Waals surface area contributed by atoms with E-state index in [0.717, 1.165) is 0 Å². The number of unbranched alkanes of at least 4 members (excludes halogenated alkanes) is 1. The predicted octanol–water partition coefficient (Wildman–Crippen LogP) is -0.687. The summed E-state index contributed by atoms with van der Waals surface area (Å²) in [5.41, 5.74) is 4.61. The topological polar surface area (TPSA) is 104 Å². The van der Waals surface area contributed by atoms with Crippen LogP contribution in [0.15, 0.2) is 0 Å². The van der Waals surface area contributed by atoms with Gasteiger partial charge in [-0.25, -0.2) is 0 Å². The van der Waals surface area contributed by atoms with Crippen LogP contribution in [-0.4, -0.2) is 40.0 Å². The molecule has 0 aromatic heterocycles. The Morgan fingerprint density at radius 1 is 1.23 bits per heavy atom. The van der Waals surface area contributed by atoms with E-state index in [-0.39, 0.29) is 19.6 Å². The van der Waals surface area contributed by atoms with Gasteiger partial charge >= 0.3 is 5.97 Å². The van der Waals surface area contributed by atoms with Gasteiger partial charge in [0, 0.05) is 6.42 Å². The predicted molar refractivity (Wildman–Crippen MR) is 47.2 cm³/mol. The van der Waals surface area contributed by atoms with Gasteiger partial charge in [-0.1, -0.05) is 6.42 Å². The molecule has 0 aliphatic carbocycles. The van der Waals surface area contributed by atoms with Crippen molar-refractivity contribution >= 4 is 5.97 Å². The molecule has 0 bridgehead atoms. The average Bonchev–Trinajstić information content (AvgIpc) is 2.12. The van der Waals surface area contributed by atoms with E-state index < -0.39 is 11.5 Å². The molecule has 5 N–H and O–H groups in total. The van der Waals surface area contributed by atoms with E-state index in [1.54, 1.807) is 0 Å². The third-order valence-corrected chi connectivity index (χ3v) is 1.95. The van der Waals surface area contributed by atoms with E-state index >= 15 is 0 Å². The minimum atomic E-state index is -0.960. The molecule has 5 heteroatoms. The number of hydrogen-bond donors (Lipinski definition) is 4. The Balaban J connectivity index is 3.55. The van der Waals surface area contributed by atoms with Gasteiger partial charge in [-0.05, 0) is 12.8 Å². The molecule has 0 radical (unpaired) electrons. The quantitative estimate of drug-likeness (QED) is 0.399. The average molecular weight is 191 g/mol. The van der Waals surface area contributed by atoms with E-state index in [1.165, 1.54) is 0 Å². The molecule has 0 aromatic carbocycles. The maximum absolute atomic E-state index is 10.1. The molecule has 0 saturated heterocycles. The molecule has 0 heterocycles. The number of aliphatic carboxylic acids is 1. The fourth-order valence-electron chi connectivity index (χ4n) is 0.961. The van der Waals surface area contributed by atoms with Gasteiger partial charge in [0.25, 0.3) is 0 Å². The molecule has 0 atom stereocenters. The molecule has 0 aromatic rings. The van der Waals surface area contributed by atoms with Crippen molar-refractivity contribution in [3.05, 3.63) is 0 Å². The molecular weight excluding hydrogens is 174 g/mol. The SMILES string of the molecule is NC(CO)(CO)CCCCC(=O)O. The molecule has 5 nitrogen and oxygen atoms in total. The number of nitrogens with two attached hydrogens (primary N) is 1. The molecule has 0 fully saturated rings. The zero-order valence-electron chi connectivity index (χ0n) is 7.57. The van der Waals surface area contributed by atoms with Gasteiger partial charge in [0.05, 0.1) is 18.8 Å². The Morgan fingerprint density at radius 2 is 1.77 bits per heavy atom. The number of aliphatic hydroxyl groups is 2. The minimum absolute atomic E-state index is 0.104. The molecule has 0 spiro atoms. The van der Waals surface area contributed by atoms with Gasteiger partial charge in [0.1, 0.15) is 0 Å². The van der Waals surface area contributed by atoms with Crippen molar-refractivity contribution in [2.24, 2.45) is 5.73 Å². The summed E-state index contributed by atoms with van der Waals surface area (Å²) >= 11 is 0. The van der Waals surface area contributed by atoms with Gasteiger partial charge in [-0.15, -0.1) is 0 Å². The third-order valence-electron chi connectivity index (χ3n) is 1.95. The molecular formula is C8H17NO4. The lowest BCUT2D eigenvalue weighted by atomic mass is 9.95. The molecule has 0 amide bonds. The highest BCUT2D eigenvalue weighted by Gasteiger charge is 2.21. The maximum atomic E-state index is 10.1. The van der Waals surface area contributed by atoms with Crippen LogP contribution in [-0.2, 0) is 4.79 Å². The monoisotopic (exact) mass is 191 g/mol. The molecule has 78 valence electrons. The van der Waals surface area contributed by atoms with Gasteiger partial charge in [-0.2, -0.15) is 0 Å². The smallest absolute Gasteiger partial charge is 0.303 e. The number of hydrogen-bond acceptors (Lipinski definition) is 4. The number of carbonyl (C=O) groups is 1. The second-order valence-corrected chi connectivity index (χ2v) is 3.28. The lowest BCUT2D eigenvalue weighted by molar-refractivity contribution is -0.137. The van der Waals surface area contributed by atoms with Crippen LogP contribution in [0.4, 0.5) is 0 Å². The number of rotatable bonds is 7. The number of carboxylic acids is 1. The Hall–Kier alpha value is -0.650. The Labute approximate surface area is 77.2 Å². The molecule has 0 aliphatic rings. The fourth-order valence-corrected chi connectivity index (χ4v) is 0.961. The van der Waals surface area contributed by atoms with Crippen LogP contribution in [0.25, 0.3) is 0 Å². The van der Waals surface area contributed by atoms with Crippen molar-refractivity contribution in [2.75, 3.05) is 13.2 Å². The summed E-state index contributed by atoms with van der Waals surface area (Å²) in [6, 6.07) is 0. The lowest BCUT2D eigenvalue weighted by Crippen LogP contribution is -2.47. The van der Waals surface area contributed by atoms with Crippen molar-refractivity contribution in [3.63, 3.8) is 0 Å². The normalized spacial score (nSPS) is 11.6. The minimum Gasteiger partial charge on any atom is -0.481 e. The number of aliphatic hydroxyl groups excluding tert-OH is 2. The summed E-state index contributed by atoms with van der Waals surface area (Å²) in [5.74, 6) is -0.837. The zero-order chi connectivity index (χ0) is 10.3. The van der Waals surface area contributed by atoms with E-state index in [0.29, 0.717) is 19.3 Å². The summed E-state index contributed by atoms with van der Waals surface area (Å²) in [6.07, 6.45) is 1.67. The highest BCUT2D eigenvalue weighted by atomic mass is 16.4. The van der Waals surface area contributed by atoms with E-state index in [4.69, 9.17) is 21.1 Å². The summed E-state index contributed by atoms with van der Waals surface area (Å²) in [6.45, 7) is -0.562. The first-order chi connectivity index (χ1) is 6.04.